The number of rotatable bonds is 6. The van der Waals surface area contributed by atoms with Crippen LogP contribution in [0.15, 0.2) is 6.20 Å². The molecule has 0 amide bonds. The second-order valence-electron chi connectivity index (χ2n) is 4.88. The summed E-state index contributed by atoms with van der Waals surface area (Å²) in [6.45, 7) is 5.20. The van der Waals surface area contributed by atoms with Gasteiger partial charge in [-0.05, 0) is 27.9 Å². The average Bonchev–Trinajstić information content (AvgIpc) is 2.93. The molecule has 2 aromatic rings. The molecule has 0 saturated carbocycles. The molecule has 19 heavy (non-hydrogen) atoms. The Hall–Kier alpha value is -1.05. The first-order chi connectivity index (χ1) is 9.04. The Morgan fingerprint density at radius 2 is 2.05 bits per heavy atom. The number of likely N-dealkylation sites (N-methyl/N-ethyl adjacent to an activating group) is 1. The normalized spacial score (nSPS) is 11.5. The van der Waals surface area contributed by atoms with Crippen molar-refractivity contribution in [2.75, 3.05) is 26.0 Å². The van der Waals surface area contributed by atoms with E-state index in [4.69, 9.17) is 0 Å². The lowest BCUT2D eigenvalue weighted by atomic mass is 10.4. The van der Waals surface area contributed by atoms with Crippen LogP contribution in [0.5, 0.6) is 0 Å². The summed E-state index contributed by atoms with van der Waals surface area (Å²) in [5, 5.41) is 14.6. The standard InChI is InChI=1S/C12H19N5S2/c1-8(2)14-12-16-15-11(19-12)9-7-13-10(18-9)5-6-17(3)4/h7-8H,5-6H2,1-4H3,(H,14,16). The van der Waals surface area contributed by atoms with Gasteiger partial charge in [-0.3, -0.25) is 0 Å². The van der Waals surface area contributed by atoms with Crippen LogP contribution >= 0.6 is 22.7 Å². The minimum absolute atomic E-state index is 0.373. The summed E-state index contributed by atoms with van der Waals surface area (Å²) in [5.74, 6) is 0. The lowest BCUT2D eigenvalue weighted by Crippen LogP contribution is -2.14. The minimum Gasteiger partial charge on any atom is -0.358 e. The van der Waals surface area contributed by atoms with Crippen molar-refractivity contribution in [3.05, 3.63) is 11.2 Å². The van der Waals surface area contributed by atoms with E-state index in [0.29, 0.717) is 6.04 Å². The maximum absolute atomic E-state index is 4.45. The van der Waals surface area contributed by atoms with Crippen molar-refractivity contribution in [2.24, 2.45) is 0 Å². The van der Waals surface area contributed by atoms with Crippen LogP contribution in [-0.4, -0.2) is 46.8 Å². The quantitative estimate of drug-likeness (QED) is 0.888. The van der Waals surface area contributed by atoms with Crippen LogP contribution in [0, 0.1) is 0 Å². The van der Waals surface area contributed by atoms with E-state index in [2.05, 4.69) is 53.3 Å². The molecule has 0 fully saturated rings. The molecule has 2 heterocycles. The third-order valence-corrected chi connectivity index (χ3v) is 4.46. The summed E-state index contributed by atoms with van der Waals surface area (Å²) < 4.78 is 0. The summed E-state index contributed by atoms with van der Waals surface area (Å²) in [6, 6.07) is 0.373. The zero-order valence-electron chi connectivity index (χ0n) is 11.7. The predicted octanol–water partition coefficient (Wildman–Crippen LogP) is 2.59. The summed E-state index contributed by atoms with van der Waals surface area (Å²) >= 11 is 3.28. The van der Waals surface area contributed by atoms with E-state index in [9.17, 15) is 0 Å². The van der Waals surface area contributed by atoms with Gasteiger partial charge < -0.3 is 10.2 Å². The number of hydrogen-bond acceptors (Lipinski definition) is 7. The van der Waals surface area contributed by atoms with Gasteiger partial charge in [-0.2, -0.15) is 0 Å². The highest BCUT2D eigenvalue weighted by Crippen LogP contribution is 2.31. The van der Waals surface area contributed by atoms with Crippen LogP contribution in [0.2, 0.25) is 0 Å². The molecule has 0 saturated heterocycles. The summed E-state index contributed by atoms with van der Waals surface area (Å²) in [7, 11) is 4.15. The third-order valence-electron chi connectivity index (χ3n) is 2.37. The zero-order chi connectivity index (χ0) is 13.8. The molecule has 0 bridgehead atoms. The Bertz CT molecular complexity index is 518. The summed E-state index contributed by atoms with van der Waals surface area (Å²) in [4.78, 5) is 7.71. The largest absolute Gasteiger partial charge is 0.358 e. The fourth-order valence-electron chi connectivity index (χ4n) is 1.47. The molecule has 1 N–H and O–H groups in total. The molecule has 0 radical (unpaired) electrons. The molecule has 0 aromatic carbocycles. The maximum Gasteiger partial charge on any atom is 0.206 e. The van der Waals surface area contributed by atoms with Crippen LogP contribution in [0.25, 0.3) is 9.88 Å². The van der Waals surface area contributed by atoms with Crippen LogP contribution in [0.4, 0.5) is 5.13 Å². The molecule has 2 aromatic heterocycles. The van der Waals surface area contributed by atoms with Crippen molar-refractivity contribution in [1.82, 2.24) is 20.1 Å². The first-order valence-electron chi connectivity index (χ1n) is 6.24. The van der Waals surface area contributed by atoms with E-state index in [0.717, 1.165) is 33.0 Å². The number of nitrogens with one attached hydrogen (secondary N) is 1. The van der Waals surface area contributed by atoms with Gasteiger partial charge >= 0.3 is 0 Å². The smallest absolute Gasteiger partial charge is 0.206 e. The zero-order valence-corrected chi connectivity index (χ0v) is 13.3. The fraction of sp³-hybridized carbons (Fsp3) is 0.583. The van der Waals surface area contributed by atoms with E-state index < -0.39 is 0 Å². The highest BCUT2D eigenvalue weighted by Gasteiger charge is 2.11. The molecule has 7 heteroatoms. The van der Waals surface area contributed by atoms with Crippen molar-refractivity contribution in [3.63, 3.8) is 0 Å². The Morgan fingerprint density at radius 1 is 1.26 bits per heavy atom. The van der Waals surface area contributed by atoms with E-state index in [1.54, 1.807) is 22.7 Å². The Labute approximate surface area is 121 Å². The van der Waals surface area contributed by atoms with Crippen molar-refractivity contribution in [1.29, 1.82) is 0 Å². The SMILES string of the molecule is CC(C)Nc1nnc(-c2cnc(CCN(C)C)s2)s1. The second kappa shape index (κ2) is 6.40. The van der Waals surface area contributed by atoms with E-state index in [1.807, 2.05) is 6.20 Å². The van der Waals surface area contributed by atoms with Gasteiger partial charge in [0.1, 0.15) is 0 Å². The van der Waals surface area contributed by atoms with Gasteiger partial charge in [-0.1, -0.05) is 11.3 Å². The Morgan fingerprint density at radius 3 is 2.74 bits per heavy atom. The predicted molar refractivity (Wildman–Crippen MR) is 82.0 cm³/mol. The minimum atomic E-state index is 0.373. The third kappa shape index (κ3) is 4.22. The number of anilines is 1. The monoisotopic (exact) mass is 297 g/mol. The molecule has 5 nitrogen and oxygen atoms in total. The maximum atomic E-state index is 4.45. The van der Waals surface area contributed by atoms with Crippen molar-refractivity contribution >= 4 is 27.8 Å². The molecular formula is C12H19N5S2. The van der Waals surface area contributed by atoms with Crippen molar-refractivity contribution < 1.29 is 0 Å². The first kappa shape index (κ1) is 14.4. The van der Waals surface area contributed by atoms with Crippen LogP contribution in [0.1, 0.15) is 18.9 Å². The van der Waals surface area contributed by atoms with Gasteiger partial charge in [0.2, 0.25) is 5.13 Å². The molecule has 0 aliphatic carbocycles. The van der Waals surface area contributed by atoms with E-state index >= 15 is 0 Å². The first-order valence-corrected chi connectivity index (χ1v) is 7.87. The summed E-state index contributed by atoms with van der Waals surface area (Å²) in [6.07, 6.45) is 2.88. The van der Waals surface area contributed by atoms with Crippen LogP contribution < -0.4 is 5.32 Å². The summed E-state index contributed by atoms with van der Waals surface area (Å²) in [5.41, 5.74) is 0. The second-order valence-corrected chi connectivity index (χ2v) is 6.98. The van der Waals surface area contributed by atoms with Crippen LogP contribution in [0.3, 0.4) is 0 Å². The van der Waals surface area contributed by atoms with Gasteiger partial charge in [-0.25, -0.2) is 4.98 Å². The van der Waals surface area contributed by atoms with Gasteiger partial charge in [0, 0.05) is 25.2 Å². The number of nitrogens with zero attached hydrogens (tertiary/aromatic N) is 4. The van der Waals surface area contributed by atoms with Gasteiger partial charge in [0.05, 0.1) is 9.88 Å². The Kier molecular flexibility index (Phi) is 4.84. The van der Waals surface area contributed by atoms with Gasteiger partial charge in [0.25, 0.3) is 0 Å². The number of aromatic nitrogens is 3. The lowest BCUT2D eigenvalue weighted by Gasteiger charge is -2.06. The Balaban J connectivity index is 2.03. The number of hydrogen-bond donors (Lipinski definition) is 1. The lowest BCUT2D eigenvalue weighted by molar-refractivity contribution is 0.413. The molecule has 0 aliphatic heterocycles. The highest BCUT2D eigenvalue weighted by atomic mass is 32.1. The van der Waals surface area contributed by atoms with Crippen molar-refractivity contribution in [2.45, 2.75) is 26.3 Å². The average molecular weight is 297 g/mol. The molecule has 0 spiro atoms. The van der Waals surface area contributed by atoms with Gasteiger partial charge in [0.15, 0.2) is 5.01 Å². The topological polar surface area (TPSA) is 53.9 Å². The van der Waals surface area contributed by atoms with E-state index in [1.165, 1.54) is 0 Å². The van der Waals surface area contributed by atoms with Crippen molar-refractivity contribution in [3.8, 4) is 9.88 Å². The van der Waals surface area contributed by atoms with Crippen LogP contribution in [-0.2, 0) is 6.42 Å². The van der Waals surface area contributed by atoms with Gasteiger partial charge in [-0.15, -0.1) is 21.5 Å². The molecule has 2 rings (SSSR count). The molecule has 0 unspecified atom stereocenters. The molecular weight excluding hydrogens is 278 g/mol. The highest BCUT2D eigenvalue weighted by molar-refractivity contribution is 7.23. The fourth-order valence-corrected chi connectivity index (χ4v) is 3.30. The molecule has 0 atom stereocenters. The van der Waals surface area contributed by atoms with E-state index in [-0.39, 0.29) is 0 Å². The number of thiazole rings is 1. The molecule has 104 valence electrons. The molecule has 0 aliphatic rings.